The first-order valence-corrected chi connectivity index (χ1v) is 5.95. The topological polar surface area (TPSA) is 73.3 Å². The van der Waals surface area contributed by atoms with Crippen LogP contribution in [-0.4, -0.2) is 26.2 Å². The zero-order valence-electron chi connectivity index (χ0n) is 10.3. The smallest absolute Gasteiger partial charge is 0.123 e. The van der Waals surface area contributed by atoms with Crippen LogP contribution in [0, 0.1) is 6.92 Å². The van der Waals surface area contributed by atoms with E-state index in [0.717, 1.165) is 21.9 Å². The van der Waals surface area contributed by atoms with Crippen LogP contribution in [0.15, 0.2) is 12.1 Å². The molecule has 0 amide bonds. The maximum absolute atomic E-state index is 6.08. The van der Waals surface area contributed by atoms with Gasteiger partial charge in [0.25, 0.3) is 0 Å². The van der Waals surface area contributed by atoms with E-state index in [-0.39, 0.29) is 6.04 Å². The van der Waals surface area contributed by atoms with Crippen molar-refractivity contribution in [3.05, 3.63) is 28.3 Å². The fourth-order valence-corrected chi connectivity index (χ4v) is 1.69. The van der Waals surface area contributed by atoms with E-state index in [2.05, 4.69) is 5.32 Å². The number of halogens is 1. The quantitative estimate of drug-likeness (QED) is 0.712. The van der Waals surface area contributed by atoms with Gasteiger partial charge < -0.3 is 21.5 Å². The number of aryl methyl sites for hydroxylation is 1. The Bertz CT molecular complexity index is 371. The number of ether oxygens (including phenoxy) is 1. The summed E-state index contributed by atoms with van der Waals surface area (Å²) >= 11 is 6.08. The lowest BCUT2D eigenvalue weighted by molar-refractivity contribution is 0.407. The molecule has 0 saturated carbocycles. The van der Waals surface area contributed by atoms with E-state index in [0.29, 0.717) is 19.6 Å². The average molecular weight is 258 g/mol. The highest BCUT2D eigenvalue weighted by molar-refractivity contribution is 6.31. The van der Waals surface area contributed by atoms with Crippen molar-refractivity contribution in [2.24, 2.45) is 11.5 Å². The zero-order chi connectivity index (χ0) is 12.8. The van der Waals surface area contributed by atoms with Crippen molar-refractivity contribution < 1.29 is 4.74 Å². The van der Waals surface area contributed by atoms with Gasteiger partial charge in [-0.3, -0.25) is 0 Å². The Kier molecular flexibility index (Phi) is 5.71. The predicted octanol–water partition coefficient (Wildman–Crippen LogP) is 1.03. The molecule has 1 aromatic carbocycles. The fraction of sp³-hybridized carbons (Fsp3) is 0.500. The number of rotatable bonds is 6. The SMILES string of the molecule is COc1cc(C)c(Cl)cc1CNCC(N)CN. The molecule has 0 spiro atoms. The Balaban J connectivity index is 2.66. The van der Waals surface area contributed by atoms with Gasteiger partial charge in [-0.15, -0.1) is 0 Å². The summed E-state index contributed by atoms with van der Waals surface area (Å²) in [6.07, 6.45) is 0. The van der Waals surface area contributed by atoms with E-state index in [9.17, 15) is 0 Å². The first kappa shape index (κ1) is 14.3. The Labute approximate surface area is 107 Å². The highest BCUT2D eigenvalue weighted by Crippen LogP contribution is 2.26. The molecule has 0 aromatic heterocycles. The van der Waals surface area contributed by atoms with Crippen molar-refractivity contribution in [3.63, 3.8) is 0 Å². The molecule has 1 rings (SSSR count). The summed E-state index contributed by atoms with van der Waals surface area (Å²) in [5, 5.41) is 3.97. The molecule has 0 aliphatic heterocycles. The fourth-order valence-electron chi connectivity index (χ4n) is 1.50. The predicted molar refractivity (Wildman–Crippen MR) is 71.5 cm³/mol. The molecular weight excluding hydrogens is 238 g/mol. The molecule has 1 aromatic rings. The molecule has 4 nitrogen and oxygen atoms in total. The van der Waals surface area contributed by atoms with Crippen molar-refractivity contribution in [2.75, 3.05) is 20.2 Å². The van der Waals surface area contributed by atoms with Crippen molar-refractivity contribution in [2.45, 2.75) is 19.5 Å². The molecular formula is C12H20ClN3O. The average Bonchev–Trinajstić information content (AvgIpc) is 2.32. The van der Waals surface area contributed by atoms with Gasteiger partial charge in [-0.25, -0.2) is 0 Å². The minimum atomic E-state index is -0.0260. The van der Waals surface area contributed by atoms with Crippen LogP contribution >= 0.6 is 11.6 Å². The second-order valence-corrected chi connectivity index (χ2v) is 4.45. The molecule has 0 heterocycles. The summed E-state index contributed by atoms with van der Waals surface area (Å²) in [5.74, 6) is 0.834. The van der Waals surface area contributed by atoms with Crippen LogP contribution in [0.3, 0.4) is 0 Å². The second kappa shape index (κ2) is 6.81. The molecule has 1 unspecified atom stereocenters. The summed E-state index contributed by atoms with van der Waals surface area (Å²) < 4.78 is 5.31. The number of hydrogen-bond acceptors (Lipinski definition) is 4. The lowest BCUT2D eigenvalue weighted by Crippen LogP contribution is -2.39. The maximum Gasteiger partial charge on any atom is 0.123 e. The summed E-state index contributed by atoms with van der Waals surface area (Å²) in [6.45, 7) is 3.76. The first-order chi connectivity index (χ1) is 8.08. The second-order valence-electron chi connectivity index (χ2n) is 4.04. The van der Waals surface area contributed by atoms with Crippen molar-refractivity contribution in [1.82, 2.24) is 5.32 Å². The molecule has 17 heavy (non-hydrogen) atoms. The molecule has 1 atom stereocenters. The monoisotopic (exact) mass is 257 g/mol. The van der Waals surface area contributed by atoms with E-state index in [1.54, 1.807) is 7.11 Å². The van der Waals surface area contributed by atoms with Gasteiger partial charge in [0, 0.05) is 36.3 Å². The Hall–Kier alpha value is -0.810. The first-order valence-electron chi connectivity index (χ1n) is 5.57. The van der Waals surface area contributed by atoms with E-state index in [1.165, 1.54) is 0 Å². The molecule has 0 bridgehead atoms. The number of hydrogen-bond donors (Lipinski definition) is 3. The lowest BCUT2D eigenvalue weighted by Gasteiger charge is -2.13. The van der Waals surface area contributed by atoms with Gasteiger partial charge in [0.05, 0.1) is 7.11 Å². The molecule has 0 saturated heterocycles. The summed E-state index contributed by atoms with van der Waals surface area (Å²) in [4.78, 5) is 0. The van der Waals surface area contributed by atoms with Crippen LogP contribution in [-0.2, 0) is 6.54 Å². The van der Waals surface area contributed by atoms with E-state index >= 15 is 0 Å². The number of methoxy groups -OCH3 is 1. The van der Waals surface area contributed by atoms with Crippen LogP contribution in [0.4, 0.5) is 0 Å². The molecule has 0 radical (unpaired) electrons. The lowest BCUT2D eigenvalue weighted by atomic mass is 10.1. The van der Waals surface area contributed by atoms with E-state index in [4.69, 9.17) is 27.8 Å². The van der Waals surface area contributed by atoms with Gasteiger partial charge in [-0.2, -0.15) is 0 Å². The van der Waals surface area contributed by atoms with Crippen LogP contribution in [0.2, 0.25) is 5.02 Å². The minimum absolute atomic E-state index is 0.0260. The van der Waals surface area contributed by atoms with E-state index < -0.39 is 0 Å². The normalized spacial score (nSPS) is 12.5. The van der Waals surface area contributed by atoms with Gasteiger partial charge in [-0.1, -0.05) is 11.6 Å². The summed E-state index contributed by atoms with van der Waals surface area (Å²) in [5.41, 5.74) is 13.2. The standard InChI is InChI=1S/C12H20ClN3O/c1-8-3-12(17-2)9(4-11(8)13)6-16-7-10(15)5-14/h3-4,10,16H,5-7,14-15H2,1-2H3. The van der Waals surface area contributed by atoms with Gasteiger partial charge >= 0.3 is 0 Å². The van der Waals surface area contributed by atoms with E-state index in [1.807, 2.05) is 19.1 Å². The van der Waals surface area contributed by atoms with Crippen molar-refractivity contribution >= 4 is 11.6 Å². The number of benzene rings is 1. The van der Waals surface area contributed by atoms with Crippen LogP contribution in [0.5, 0.6) is 5.75 Å². The molecule has 5 N–H and O–H groups in total. The number of nitrogens with two attached hydrogens (primary N) is 2. The zero-order valence-corrected chi connectivity index (χ0v) is 11.1. The number of nitrogens with one attached hydrogen (secondary N) is 1. The van der Waals surface area contributed by atoms with Crippen LogP contribution in [0.25, 0.3) is 0 Å². The summed E-state index contributed by atoms with van der Waals surface area (Å²) in [7, 11) is 1.65. The third-order valence-electron chi connectivity index (χ3n) is 2.59. The van der Waals surface area contributed by atoms with Gasteiger partial charge in [0.1, 0.15) is 5.75 Å². The Morgan fingerprint density at radius 1 is 1.47 bits per heavy atom. The molecule has 96 valence electrons. The minimum Gasteiger partial charge on any atom is -0.496 e. The Morgan fingerprint density at radius 2 is 2.18 bits per heavy atom. The van der Waals surface area contributed by atoms with Crippen molar-refractivity contribution in [1.29, 1.82) is 0 Å². The molecule has 0 aliphatic rings. The van der Waals surface area contributed by atoms with Gasteiger partial charge in [0.2, 0.25) is 0 Å². The largest absolute Gasteiger partial charge is 0.496 e. The molecule has 0 fully saturated rings. The maximum atomic E-state index is 6.08. The van der Waals surface area contributed by atoms with Crippen LogP contribution in [0.1, 0.15) is 11.1 Å². The Morgan fingerprint density at radius 3 is 2.76 bits per heavy atom. The third-order valence-corrected chi connectivity index (χ3v) is 2.99. The van der Waals surface area contributed by atoms with Gasteiger partial charge in [0.15, 0.2) is 0 Å². The van der Waals surface area contributed by atoms with Crippen molar-refractivity contribution in [3.8, 4) is 5.75 Å². The van der Waals surface area contributed by atoms with Gasteiger partial charge in [-0.05, 0) is 24.6 Å². The molecule has 0 aliphatic carbocycles. The summed E-state index contributed by atoms with van der Waals surface area (Å²) in [6, 6.07) is 3.82. The molecule has 5 heteroatoms. The highest BCUT2D eigenvalue weighted by Gasteiger charge is 2.07. The third kappa shape index (κ3) is 4.16. The highest BCUT2D eigenvalue weighted by atomic mass is 35.5. The van der Waals surface area contributed by atoms with Crippen LogP contribution < -0.4 is 21.5 Å².